The van der Waals surface area contributed by atoms with E-state index in [-0.39, 0.29) is 35.5 Å². The molecule has 6 rings (SSSR count). The predicted molar refractivity (Wildman–Crippen MR) is 143 cm³/mol. The lowest BCUT2D eigenvalue weighted by molar-refractivity contribution is -0.141. The molecule has 4 aliphatic rings. The lowest BCUT2D eigenvalue weighted by Gasteiger charge is -2.31. The molecule has 0 spiro atoms. The van der Waals surface area contributed by atoms with Gasteiger partial charge in [0.15, 0.2) is 0 Å². The number of halogens is 3. The van der Waals surface area contributed by atoms with E-state index >= 15 is 0 Å². The average molecular weight is 547 g/mol. The van der Waals surface area contributed by atoms with Gasteiger partial charge in [0.1, 0.15) is 5.92 Å². The second kappa shape index (κ2) is 10.3. The Balaban J connectivity index is 1.33. The number of hydrogen-bond donors (Lipinski definition) is 0. The molecule has 39 heavy (non-hydrogen) atoms. The van der Waals surface area contributed by atoms with E-state index in [2.05, 4.69) is 9.80 Å². The molecule has 9 heteroatoms. The Hall–Kier alpha value is -2.33. The highest BCUT2D eigenvalue weighted by Crippen LogP contribution is 2.44. The van der Waals surface area contributed by atoms with Gasteiger partial charge in [0.25, 0.3) is 0 Å². The normalized spacial score (nSPS) is 25.8. The number of hydrogen-bond acceptors (Lipinski definition) is 6. The van der Waals surface area contributed by atoms with E-state index in [1.807, 2.05) is 27.7 Å². The molecule has 212 valence electrons. The average Bonchev–Trinajstić information content (AvgIpc) is 3.61. The van der Waals surface area contributed by atoms with E-state index in [9.17, 15) is 13.2 Å². The molecular weight excluding hydrogens is 509 g/mol. The summed E-state index contributed by atoms with van der Waals surface area (Å²) in [5.41, 5.74) is 5.86. The lowest BCUT2D eigenvalue weighted by Crippen LogP contribution is -2.33. The molecule has 0 bridgehead atoms. The van der Waals surface area contributed by atoms with E-state index in [1.54, 1.807) is 24.3 Å². The highest BCUT2D eigenvalue weighted by atomic mass is 19.4. The molecule has 4 aliphatic heterocycles. The third-order valence-corrected chi connectivity index (χ3v) is 7.96. The number of aryl methyl sites for hydroxylation is 4. The molecule has 4 unspecified atom stereocenters. The van der Waals surface area contributed by atoms with Crippen LogP contribution < -0.4 is 9.80 Å². The number of benzene rings is 2. The molecule has 0 amide bonds. The minimum Gasteiger partial charge on any atom is -0.371 e. The van der Waals surface area contributed by atoms with Crippen molar-refractivity contribution in [2.45, 2.75) is 64.2 Å². The zero-order valence-corrected chi connectivity index (χ0v) is 23.0. The summed E-state index contributed by atoms with van der Waals surface area (Å²) in [4.78, 5) is 4.44. The van der Waals surface area contributed by atoms with Crippen LogP contribution in [-0.2, 0) is 18.9 Å². The van der Waals surface area contributed by atoms with Crippen LogP contribution in [0.2, 0.25) is 0 Å². The van der Waals surface area contributed by atoms with Crippen LogP contribution in [0.3, 0.4) is 0 Å². The van der Waals surface area contributed by atoms with Crippen LogP contribution in [0.4, 0.5) is 24.5 Å². The fourth-order valence-electron chi connectivity index (χ4n) is 6.07. The van der Waals surface area contributed by atoms with Gasteiger partial charge in [-0.1, -0.05) is 24.3 Å². The second-order valence-corrected chi connectivity index (χ2v) is 11.6. The summed E-state index contributed by atoms with van der Waals surface area (Å²) in [6.07, 6.45) is -3.74. The molecule has 0 radical (unpaired) electrons. The van der Waals surface area contributed by atoms with Gasteiger partial charge in [-0.25, -0.2) is 0 Å². The Bertz CT molecular complexity index is 1060. The van der Waals surface area contributed by atoms with E-state index in [0.29, 0.717) is 0 Å². The van der Waals surface area contributed by atoms with Crippen molar-refractivity contribution in [1.29, 1.82) is 0 Å². The molecule has 4 atom stereocenters. The monoisotopic (exact) mass is 546 g/mol. The maximum absolute atomic E-state index is 14.8. The molecule has 4 fully saturated rings. The fourth-order valence-corrected chi connectivity index (χ4v) is 6.07. The Kier molecular flexibility index (Phi) is 7.06. The van der Waals surface area contributed by atoms with Gasteiger partial charge in [0, 0.05) is 37.6 Å². The van der Waals surface area contributed by atoms with Crippen LogP contribution in [-0.4, -0.2) is 83.2 Å². The maximum Gasteiger partial charge on any atom is 0.399 e. The first-order chi connectivity index (χ1) is 18.6. The van der Waals surface area contributed by atoms with Crippen molar-refractivity contribution in [2.24, 2.45) is 0 Å². The van der Waals surface area contributed by atoms with Crippen LogP contribution in [0.5, 0.6) is 0 Å². The van der Waals surface area contributed by atoms with Crippen molar-refractivity contribution < 1.29 is 32.1 Å². The van der Waals surface area contributed by atoms with Crippen LogP contribution in [0.1, 0.15) is 39.3 Å². The summed E-state index contributed by atoms with van der Waals surface area (Å²) >= 11 is 0. The molecule has 0 N–H and O–H groups in total. The highest BCUT2D eigenvalue weighted by molar-refractivity contribution is 5.64. The van der Waals surface area contributed by atoms with Gasteiger partial charge in [-0.3, -0.25) is 0 Å². The van der Waals surface area contributed by atoms with Gasteiger partial charge >= 0.3 is 6.18 Å². The molecule has 6 nitrogen and oxygen atoms in total. The van der Waals surface area contributed by atoms with Crippen molar-refractivity contribution in [1.82, 2.24) is 0 Å². The molecule has 2 aromatic rings. The zero-order valence-electron chi connectivity index (χ0n) is 23.0. The van der Waals surface area contributed by atoms with E-state index in [1.165, 1.54) is 0 Å². The Morgan fingerprint density at radius 3 is 1.08 bits per heavy atom. The highest BCUT2D eigenvalue weighted by Gasteiger charge is 2.43. The van der Waals surface area contributed by atoms with Crippen LogP contribution in [0, 0.1) is 27.7 Å². The maximum atomic E-state index is 14.8. The number of nitrogens with zero attached hydrogens (tertiary/aromatic N) is 2. The van der Waals surface area contributed by atoms with Crippen molar-refractivity contribution in [3.63, 3.8) is 0 Å². The summed E-state index contributed by atoms with van der Waals surface area (Å²) in [5.74, 6) is -1.71. The molecule has 4 heterocycles. The minimum atomic E-state index is -4.44. The topological polar surface area (TPSA) is 56.6 Å². The van der Waals surface area contributed by atoms with E-state index < -0.39 is 12.1 Å². The molecule has 0 saturated carbocycles. The summed E-state index contributed by atoms with van der Waals surface area (Å²) in [5, 5.41) is 0. The van der Waals surface area contributed by atoms with E-state index in [0.717, 1.165) is 86.2 Å². The number of anilines is 2. The summed E-state index contributed by atoms with van der Waals surface area (Å²) < 4.78 is 66.1. The van der Waals surface area contributed by atoms with E-state index in [4.69, 9.17) is 18.9 Å². The van der Waals surface area contributed by atoms with Gasteiger partial charge in [-0.2, -0.15) is 13.2 Å². The standard InChI is InChI=1S/C30H37F3N2O4/c1-17-5-21(6-18(2)28(17)34(9-23-13-36-23)10-24-14-37-24)27(30(31,32)33)22-7-19(3)29(20(4)8-22)35(11-25-15-38-25)12-26-16-39-26/h5-8,23-27H,9-16H2,1-4H3. The molecule has 0 aromatic heterocycles. The van der Waals surface area contributed by atoms with Gasteiger partial charge in [0.2, 0.25) is 0 Å². The van der Waals surface area contributed by atoms with Crippen molar-refractivity contribution in [3.05, 3.63) is 57.6 Å². The summed E-state index contributed by atoms with van der Waals surface area (Å²) in [6.45, 7) is 13.4. The van der Waals surface area contributed by atoms with Gasteiger partial charge in [-0.05, 0) is 61.1 Å². The quantitative estimate of drug-likeness (QED) is 0.356. The van der Waals surface area contributed by atoms with Crippen molar-refractivity contribution in [3.8, 4) is 0 Å². The van der Waals surface area contributed by atoms with Crippen molar-refractivity contribution in [2.75, 3.05) is 62.4 Å². The van der Waals surface area contributed by atoms with Gasteiger partial charge in [0.05, 0.1) is 50.8 Å². The second-order valence-electron chi connectivity index (χ2n) is 11.6. The number of epoxide rings is 4. The Labute approximate surface area is 228 Å². The molecular formula is C30H37F3N2O4. The zero-order chi connectivity index (χ0) is 27.5. The first-order valence-corrected chi connectivity index (χ1v) is 13.8. The third-order valence-electron chi connectivity index (χ3n) is 7.96. The first kappa shape index (κ1) is 26.9. The SMILES string of the molecule is Cc1cc(C(c2cc(C)c(N(CC3CO3)CC3CO3)c(C)c2)C(F)(F)F)cc(C)c1N(CC1CO1)CC1CO1. The summed E-state index contributed by atoms with van der Waals surface area (Å²) in [7, 11) is 0. The fraction of sp³-hybridized carbons (Fsp3) is 0.600. The third kappa shape index (κ3) is 6.37. The number of alkyl halides is 3. The summed E-state index contributed by atoms with van der Waals surface area (Å²) in [6, 6.07) is 6.87. The van der Waals surface area contributed by atoms with Gasteiger partial charge < -0.3 is 28.7 Å². The first-order valence-electron chi connectivity index (χ1n) is 13.8. The lowest BCUT2D eigenvalue weighted by atomic mass is 9.86. The largest absolute Gasteiger partial charge is 0.399 e. The number of ether oxygens (including phenoxy) is 4. The van der Waals surface area contributed by atoms with Crippen LogP contribution >= 0.6 is 0 Å². The minimum absolute atomic E-state index is 0.173. The smallest absolute Gasteiger partial charge is 0.371 e. The van der Waals surface area contributed by atoms with Crippen LogP contribution in [0.15, 0.2) is 24.3 Å². The van der Waals surface area contributed by atoms with Crippen molar-refractivity contribution >= 4 is 11.4 Å². The number of rotatable bonds is 12. The predicted octanol–water partition coefficient (Wildman–Crippen LogP) is 4.82. The molecule has 2 aromatic carbocycles. The van der Waals surface area contributed by atoms with Crippen LogP contribution in [0.25, 0.3) is 0 Å². The van der Waals surface area contributed by atoms with Gasteiger partial charge in [-0.15, -0.1) is 0 Å². The Morgan fingerprint density at radius 2 is 0.872 bits per heavy atom. The Morgan fingerprint density at radius 1 is 0.615 bits per heavy atom. The molecule has 0 aliphatic carbocycles. The molecule has 4 saturated heterocycles.